The van der Waals surface area contributed by atoms with Gasteiger partial charge >= 0.3 is 0 Å². The minimum Gasteiger partial charge on any atom is -0.277 e. The van der Waals surface area contributed by atoms with Crippen LogP contribution in [0.5, 0.6) is 0 Å². The minimum absolute atomic E-state index is 0.496. The molecule has 0 saturated carbocycles. The SMILES string of the molecule is Clc1cc(-c2n[nH]c3c2CCc2ccccc2-3)ccn1. The maximum absolute atomic E-state index is 5.98. The molecule has 1 aliphatic rings. The largest absolute Gasteiger partial charge is 0.277 e. The summed E-state index contributed by atoms with van der Waals surface area (Å²) in [7, 11) is 0. The molecule has 1 aliphatic carbocycles. The third-order valence-electron chi connectivity index (χ3n) is 3.80. The van der Waals surface area contributed by atoms with Crippen LogP contribution < -0.4 is 0 Å². The fourth-order valence-electron chi connectivity index (χ4n) is 2.86. The van der Waals surface area contributed by atoms with Gasteiger partial charge in [-0.2, -0.15) is 5.10 Å². The van der Waals surface area contributed by atoms with E-state index in [0.29, 0.717) is 5.15 Å². The van der Waals surface area contributed by atoms with Crippen molar-refractivity contribution in [1.29, 1.82) is 0 Å². The number of pyridine rings is 1. The molecule has 0 unspecified atom stereocenters. The monoisotopic (exact) mass is 281 g/mol. The third kappa shape index (κ3) is 1.74. The van der Waals surface area contributed by atoms with E-state index in [9.17, 15) is 0 Å². The summed E-state index contributed by atoms with van der Waals surface area (Å²) in [6.45, 7) is 0. The highest BCUT2D eigenvalue weighted by Gasteiger charge is 2.22. The first-order valence-electron chi connectivity index (χ1n) is 6.60. The number of aryl methyl sites for hydroxylation is 1. The van der Waals surface area contributed by atoms with Gasteiger partial charge in [-0.1, -0.05) is 35.9 Å². The van der Waals surface area contributed by atoms with Gasteiger partial charge in [0, 0.05) is 22.9 Å². The second-order valence-corrected chi connectivity index (χ2v) is 5.34. The van der Waals surface area contributed by atoms with Gasteiger partial charge in [0.2, 0.25) is 0 Å². The summed E-state index contributed by atoms with van der Waals surface area (Å²) in [5, 5.41) is 8.18. The number of nitrogens with zero attached hydrogens (tertiary/aromatic N) is 2. The maximum atomic E-state index is 5.98. The predicted molar refractivity (Wildman–Crippen MR) is 79.7 cm³/mol. The van der Waals surface area contributed by atoms with Crippen molar-refractivity contribution in [2.45, 2.75) is 12.8 Å². The van der Waals surface area contributed by atoms with Crippen molar-refractivity contribution >= 4 is 11.6 Å². The molecule has 0 bridgehead atoms. The van der Waals surface area contributed by atoms with Crippen LogP contribution >= 0.6 is 11.6 Å². The number of aromatic nitrogens is 3. The molecular formula is C16H12ClN3. The Hall–Kier alpha value is -2.13. The van der Waals surface area contributed by atoms with E-state index in [0.717, 1.165) is 29.8 Å². The molecule has 0 atom stereocenters. The fraction of sp³-hybridized carbons (Fsp3) is 0.125. The molecule has 1 N–H and O–H groups in total. The van der Waals surface area contributed by atoms with Crippen LogP contribution in [0.3, 0.4) is 0 Å². The second-order valence-electron chi connectivity index (χ2n) is 4.95. The van der Waals surface area contributed by atoms with E-state index >= 15 is 0 Å². The maximum Gasteiger partial charge on any atom is 0.129 e. The molecule has 2 heterocycles. The Labute approximate surface area is 121 Å². The Morgan fingerprint density at radius 1 is 1.10 bits per heavy atom. The van der Waals surface area contributed by atoms with Gasteiger partial charge in [-0.15, -0.1) is 0 Å². The smallest absolute Gasteiger partial charge is 0.129 e. The summed E-state index contributed by atoms with van der Waals surface area (Å²) in [5.74, 6) is 0. The van der Waals surface area contributed by atoms with E-state index in [-0.39, 0.29) is 0 Å². The molecule has 0 spiro atoms. The van der Waals surface area contributed by atoms with Crippen molar-refractivity contribution in [2.24, 2.45) is 0 Å². The van der Waals surface area contributed by atoms with Crippen LogP contribution in [0.2, 0.25) is 5.15 Å². The summed E-state index contributed by atoms with van der Waals surface area (Å²) in [5.41, 5.74) is 7.04. The Bertz CT molecular complexity index is 792. The van der Waals surface area contributed by atoms with E-state index < -0.39 is 0 Å². The lowest BCUT2D eigenvalue weighted by Gasteiger charge is -2.16. The molecule has 98 valence electrons. The van der Waals surface area contributed by atoms with Crippen LogP contribution in [-0.4, -0.2) is 15.2 Å². The zero-order valence-corrected chi connectivity index (χ0v) is 11.5. The molecule has 0 radical (unpaired) electrons. The Morgan fingerprint density at radius 2 is 2.00 bits per heavy atom. The summed E-state index contributed by atoms with van der Waals surface area (Å²) < 4.78 is 0. The van der Waals surface area contributed by atoms with Crippen LogP contribution in [0.4, 0.5) is 0 Å². The average Bonchev–Trinajstić information content (AvgIpc) is 2.91. The highest BCUT2D eigenvalue weighted by atomic mass is 35.5. The second kappa shape index (κ2) is 4.46. The highest BCUT2D eigenvalue weighted by molar-refractivity contribution is 6.29. The van der Waals surface area contributed by atoms with Gasteiger partial charge in [0.05, 0.1) is 11.4 Å². The molecule has 3 nitrogen and oxygen atoms in total. The van der Waals surface area contributed by atoms with Crippen molar-refractivity contribution in [1.82, 2.24) is 15.2 Å². The Kier molecular flexibility index (Phi) is 2.60. The van der Waals surface area contributed by atoms with Gasteiger partial charge in [0.15, 0.2) is 0 Å². The number of benzene rings is 1. The summed E-state index contributed by atoms with van der Waals surface area (Å²) in [6.07, 6.45) is 3.77. The van der Waals surface area contributed by atoms with Gasteiger partial charge in [0.1, 0.15) is 5.15 Å². The summed E-state index contributed by atoms with van der Waals surface area (Å²) in [6, 6.07) is 12.3. The first kappa shape index (κ1) is 11.7. The molecule has 1 aromatic carbocycles. The van der Waals surface area contributed by atoms with Gasteiger partial charge in [0.25, 0.3) is 0 Å². The quantitative estimate of drug-likeness (QED) is 0.688. The molecule has 2 aromatic heterocycles. The van der Waals surface area contributed by atoms with Crippen LogP contribution in [-0.2, 0) is 12.8 Å². The molecule has 0 saturated heterocycles. The first-order valence-corrected chi connectivity index (χ1v) is 6.98. The summed E-state index contributed by atoms with van der Waals surface area (Å²) >= 11 is 5.98. The van der Waals surface area contributed by atoms with Crippen LogP contribution in [0, 0.1) is 0 Å². The molecular weight excluding hydrogens is 270 g/mol. The Balaban J connectivity index is 1.90. The molecule has 0 amide bonds. The number of fused-ring (bicyclic) bond motifs is 3. The number of rotatable bonds is 1. The normalized spacial score (nSPS) is 12.8. The van der Waals surface area contributed by atoms with Gasteiger partial charge < -0.3 is 0 Å². The third-order valence-corrected chi connectivity index (χ3v) is 4.00. The summed E-state index contributed by atoms with van der Waals surface area (Å²) in [4.78, 5) is 4.03. The van der Waals surface area contributed by atoms with Crippen molar-refractivity contribution in [3.63, 3.8) is 0 Å². The van der Waals surface area contributed by atoms with Gasteiger partial charge in [-0.3, -0.25) is 5.10 Å². The minimum atomic E-state index is 0.496. The van der Waals surface area contributed by atoms with Crippen LogP contribution in [0.15, 0.2) is 42.6 Å². The molecule has 4 rings (SSSR count). The van der Waals surface area contributed by atoms with Gasteiger partial charge in [-0.05, 0) is 30.5 Å². The molecule has 3 aromatic rings. The number of H-pyrrole nitrogens is 1. The predicted octanol–water partition coefficient (Wildman–Crippen LogP) is 3.89. The first-order chi connectivity index (χ1) is 9.83. The number of nitrogens with one attached hydrogen (secondary N) is 1. The molecule has 20 heavy (non-hydrogen) atoms. The average molecular weight is 282 g/mol. The zero-order chi connectivity index (χ0) is 13.5. The molecule has 4 heteroatoms. The van der Waals surface area contributed by atoms with Gasteiger partial charge in [-0.25, -0.2) is 4.98 Å². The van der Waals surface area contributed by atoms with Crippen molar-refractivity contribution < 1.29 is 0 Å². The van der Waals surface area contributed by atoms with Crippen LogP contribution in [0.1, 0.15) is 11.1 Å². The van der Waals surface area contributed by atoms with E-state index in [1.54, 1.807) is 6.20 Å². The number of halogens is 1. The molecule has 0 fully saturated rings. The fourth-order valence-corrected chi connectivity index (χ4v) is 3.04. The lowest BCUT2D eigenvalue weighted by atomic mass is 9.88. The van der Waals surface area contributed by atoms with E-state index in [2.05, 4.69) is 39.4 Å². The zero-order valence-electron chi connectivity index (χ0n) is 10.7. The van der Waals surface area contributed by atoms with Crippen molar-refractivity contribution in [3.05, 3.63) is 58.9 Å². The van der Waals surface area contributed by atoms with Crippen molar-refractivity contribution in [2.75, 3.05) is 0 Å². The van der Waals surface area contributed by atoms with E-state index in [4.69, 9.17) is 11.6 Å². The lowest BCUT2D eigenvalue weighted by molar-refractivity contribution is 0.943. The highest BCUT2D eigenvalue weighted by Crippen LogP contribution is 2.37. The Morgan fingerprint density at radius 3 is 2.90 bits per heavy atom. The topological polar surface area (TPSA) is 41.6 Å². The van der Waals surface area contributed by atoms with Crippen molar-refractivity contribution in [3.8, 4) is 22.5 Å². The van der Waals surface area contributed by atoms with E-state index in [1.165, 1.54) is 16.7 Å². The molecule has 0 aliphatic heterocycles. The number of hydrogen-bond donors (Lipinski definition) is 1. The lowest BCUT2D eigenvalue weighted by Crippen LogP contribution is -2.03. The number of aromatic amines is 1. The standard InChI is InChI=1S/C16H12ClN3/c17-14-9-11(7-8-18-14)15-13-6-5-10-3-1-2-4-12(10)16(13)20-19-15/h1-4,7-9H,5-6H2,(H,19,20). The van der Waals surface area contributed by atoms with Crippen LogP contribution in [0.25, 0.3) is 22.5 Å². The number of hydrogen-bond acceptors (Lipinski definition) is 2. The van der Waals surface area contributed by atoms with E-state index in [1.807, 2.05) is 12.1 Å².